The van der Waals surface area contributed by atoms with Crippen LogP contribution in [-0.4, -0.2) is 5.11 Å². The molecule has 1 aliphatic rings. The van der Waals surface area contributed by atoms with Gasteiger partial charge in [-0.2, -0.15) is 0 Å². The molecule has 0 spiro atoms. The maximum Gasteiger partial charge on any atom is 0.134 e. The lowest BCUT2D eigenvalue weighted by Gasteiger charge is -1.93. The molecule has 1 saturated carbocycles. The number of phenols is 1. The molecular formula is C11H10O2. The number of aromatic hydroxyl groups is 1. The van der Waals surface area contributed by atoms with Crippen LogP contribution in [0.15, 0.2) is 28.9 Å². The molecule has 0 saturated heterocycles. The summed E-state index contributed by atoms with van der Waals surface area (Å²) in [6.45, 7) is 0. The van der Waals surface area contributed by atoms with Crippen molar-refractivity contribution >= 4 is 11.0 Å². The summed E-state index contributed by atoms with van der Waals surface area (Å²) in [7, 11) is 0. The zero-order valence-electron chi connectivity index (χ0n) is 7.16. The fourth-order valence-electron chi connectivity index (χ4n) is 1.75. The van der Waals surface area contributed by atoms with Crippen LogP contribution in [0, 0.1) is 0 Å². The van der Waals surface area contributed by atoms with Crippen molar-refractivity contribution in [3.63, 3.8) is 0 Å². The normalized spacial score (nSPS) is 16.6. The molecule has 13 heavy (non-hydrogen) atoms. The van der Waals surface area contributed by atoms with Gasteiger partial charge in [-0.25, -0.2) is 0 Å². The van der Waals surface area contributed by atoms with Gasteiger partial charge < -0.3 is 9.52 Å². The lowest BCUT2D eigenvalue weighted by atomic mass is 10.1. The monoisotopic (exact) mass is 174 g/mol. The molecule has 0 radical (unpaired) electrons. The van der Waals surface area contributed by atoms with E-state index in [9.17, 15) is 5.11 Å². The van der Waals surface area contributed by atoms with E-state index in [0.717, 1.165) is 11.0 Å². The topological polar surface area (TPSA) is 33.4 Å². The van der Waals surface area contributed by atoms with Crippen LogP contribution < -0.4 is 0 Å². The third-order valence-electron chi connectivity index (χ3n) is 2.60. The predicted octanol–water partition coefficient (Wildman–Crippen LogP) is 3.02. The summed E-state index contributed by atoms with van der Waals surface area (Å²) in [5.74, 6) is 0.985. The van der Waals surface area contributed by atoms with Gasteiger partial charge in [-0.15, -0.1) is 0 Å². The van der Waals surface area contributed by atoms with Gasteiger partial charge in [0.25, 0.3) is 0 Å². The van der Waals surface area contributed by atoms with Crippen molar-refractivity contribution in [2.45, 2.75) is 18.8 Å². The van der Waals surface area contributed by atoms with Crippen molar-refractivity contribution in [2.75, 3.05) is 0 Å². The summed E-state index contributed by atoms with van der Waals surface area (Å²) >= 11 is 0. The lowest BCUT2D eigenvalue weighted by Crippen LogP contribution is -1.74. The molecule has 2 heteroatoms. The second-order valence-electron chi connectivity index (χ2n) is 3.65. The second kappa shape index (κ2) is 2.28. The first-order chi connectivity index (χ1) is 6.34. The molecule has 1 fully saturated rings. The van der Waals surface area contributed by atoms with Crippen molar-refractivity contribution in [2.24, 2.45) is 0 Å². The summed E-state index contributed by atoms with van der Waals surface area (Å²) in [6, 6.07) is 5.26. The fourth-order valence-corrected chi connectivity index (χ4v) is 1.75. The molecule has 2 aromatic rings. The molecule has 1 heterocycles. The first-order valence-corrected chi connectivity index (χ1v) is 4.55. The Bertz CT molecular complexity index is 452. The second-order valence-corrected chi connectivity index (χ2v) is 3.65. The highest BCUT2D eigenvalue weighted by Gasteiger charge is 2.26. The minimum absolute atomic E-state index is 0.316. The summed E-state index contributed by atoms with van der Waals surface area (Å²) in [6.07, 6.45) is 4.33. The third-order valence-corrected chi connectivity index (χ3v) is 2.60. The van der Waals surface area contributed by atoms with Crippen LogP contribution in [-0.2, 0) is 0 Å². The molecular weight excluding hydrogens is 164 g/mol. The van der Waals surface area contributed by atoms with Gasteiger partial charge in [-0.1, -0.05) is 0 Å². The highest BCUT2D eigenvalue weighted by molar-refractivity contribution is 5.83. The zero-order chi connectivity index (χ0) is 8.84. The lowest BCUT2D eigenvalue weighted by molar-refractivity contribution is 0.476. The average Bonchev–Trinajstić information content (AvgIpc) is 2.87. The van der Waals surface area contributed by atoms with Crippen LogP contribution in [0.4, 0.5) is 0 Å². The van der Waals surface area contributed by atoms with Gasteiger partial charge in [0.2, 0.25) is 0 Å². The molecule has 1 aromatic carbocycles. The van der Waals surface area contributed by atoms with E-state index in [1.54, 1.807) is 12.1 Å². The summed E-state index contributed by atoms with van der Waals surface area (Å²) in [5, 5.41) is 10.4. The van der Waals surface area contributed by atoms with E-state index in [1.807, 2.05) is 12.3 Å². The molecule has 2 nitrogen and oxygen atoms in total. The largest absolute Gasteiger partial charge is 0.508 e. The number of furan rings is 1. The molecule has 1 aromatic heterocycles. The number of benzene rings is 1. The molecule has 66 valence electrons. The van der Waals surface area contributed by atoms with Gasteiger partial charge in [0.05, 0.1) is 6.26 Å². The Labute approximate surface area is 75.8 Å². The van der Waals surface area contributed by atoms with Gasteiger partial charge in [0.15, 0.2) is 0 Å². The Kier molecular flexibility index (Phi) is 1.23. The van der Waals surface area contributed by atoms with Crippen LogP contribution in [0.25, 0.3) is 11.0 Å². The number of rotatable bonds is 1. The van der Waals surface area contributed by atoms with Crippen LogP contribution in [0.3, 0.4) is 0 Å². The smallest absolute Gasteiger partial charge is 0.134 e. The van der Waals surface area contributed by atoms with E-state index >= 15 is 0 Å². The Morgan fingerprint density at radius 1 is 1.31 bits per heavy atom. The molecule has 1 aliphatic carbocycles. The van der Waals surface area contributed by atoms with Crippen LogP contribution in [0.1, 0.15) is 24.3 Å². The Hall–Kier alpha value is -1.44. The first kappa shape index (κ1) is 7.01. The summed E-state index contributed by atoms with van der Waals surface area (Å²) < 4.78 is 5.39. The minimum atomic E-state index is 0.316. The van der Waals surface area contributed by atoms with Gasteiger partial charge in [-0.05, 0) is 37.0 Å². The molecule has 0 unspecified atom stereocenters. The number of hydrogen-bond acceptors (Lipinski definition) is 2. The van der Waals surface area contributed by atoms with Crippen molar-refractivity contribution in [1.82, 2.24) is 0 Å². The first-order valence-electron chi connectivity index (χ1n) is 4.55. The zero-order valence-corrected chi connectivity index (χ0v) is 7.16. The number of phenolic OH excluding ortho intramolecular Hbond substituents is 1. The molecule has 0 amide bonds. The molecule has 1 N–H and O–H groups in total. The van der Waals surface area contributed by atoms with Crippen molar-refractivity contribution < 1.29 is 9.52 Å². The molecule has 3 rings (SSSR count). The van der Waals surface area contributed by atoms with Crippen LogP contribution in [0.2, 0.25) is 0 Å². The van der Waals surface area contributed by atoms with E-state index in [4.69, 9.17) is 4.42 Å². The van der Waals surface area contributed by atoms with Crippen molar-refractivity contribution in [1.29, 1.82) is 0 Å². The Morgan fingerprint density at radius 3 is 2.92 bits per heavy atom. The van der Waals surface area contributed by atoms with Crippen molar-refractivity contribution in [3.05, 3.63) is 30.0 Å². The predicted molar refractivity (Wildman–Crippen MR) is 49.9 cm³/mol. The Morgan fingerprint density at radius 2 is 2.15 bits per heavy atom. The molecule has 0 atom stereocenters. The summed E-state index contributed by atoms with van der Waals surface area (Å²) in [4.78, 5) is 0. The summed E-state index contributed by atoms with van der Waals surface area (Å²) in [5.41, 5.74) is 2.13. The van der Waals surface area contributed by atoms with Crippen LogP contribution in [0.5, 0.6) is 5.75 Å². The van der Waals surface area contributed by atoms with Crippen molar-refractivity contribution in [3.8, 4) is 5.75 Å². The SMILES string of the molecule is Oc1ccc2occ(C3CC3)c2c1. The van der Waals surface area contributed by atoms with Gasteiger partial charge in [0, 0.05) is 10.9 Å². The van der Waals surface area contributed by atoms with Gasteiger partial charge >= 0.3 is 0 Å². The van der Waals surface area contributed by atoms with Gasteiger partial charge in [0.1, 0.15) is 11.3 Å². The third kappa shape index (κ3) is 1.02. The van der Waals surface area contributed by atoms with E-state index in [2.05, 4.69) is 0 Å². The maximum atomic E-state index is 9.33. The van der Waals surface area contributed by atoms with E-state index in [0.29, 0.717) is 11.7 Å². The van der Waals surface area contributed by atoms with E-state index in [-0.39, 0.29) is 0 Å². The Balaban J connectivity index is 2.29. The standard InChI is InChI=1S/C11H10O2/c12-8-3-4-11-9(5-8)10(6-13-11)7-1-2-7/h3-7,12H,1-2H2. The number of fused-ring (bicyclic) bond motifs is 1. The molecule has 0 bridgehead atoms. The van der Waals surface area contributed by atoms with Crippen LogP contribution >= 0.6 is 0 Å². The quantitative estimate of drug-likeness (QED) is 0.720. The van der Waals surface area contributed by atoms with E-state index in [1.165, 1.54) is 18.4 Å². The fraction of sp³-hybridized carbons (Fsp3) is 0.273. The minimum Gasteiger partial charge on any atom is -0.508 e. The maximum absolute atomic E-state index is 9.33. The highest BCUT2D eigenvalue weighted by Crippen LogP contribution is 2.44. The highest BCUT2D eigenvalue weighted by atomic mass is 16.3. The van der Waals surface area contributed by atoms with Gasteiger partial charge in [-0.3, -0.25) is 0 Å². The average molecular weight is 174 g/mol. The van der Waals surface area contributed by atoms with E-state index < -0.39 is 0 Å². The number of hydrogen-bond donors (Lipinski definition) is 1. The molecule has 0 aliphatic heterocycles.